The number of amides is 2. The number of aryl methyl sites for hydroxylation is 2. The van der Waals surface area contributed by atoms with Crippen molar-refractivity contribution < 1.29 is 27.3 Å². The lowest BCUT2D eigenvalue weighted by molar-refractivity contribution is 0.0784. The Morgan fingerprint density at radius 3 is 2.45 bits per heavy atom. The van der Waals surface area contributed by atoms with Crippen molar-refractivity contribution in [2.75, 3.05) is 18.6 Å². The first-order valence-electron chi connectivity index (χ1n) is 15.2. The first kappa shape index (κ1) is 35.4. The first-order chi connectivity index (χ1) is 22.2. The van der Waals surface area contributed by atoms with Crippen molar-refractivity contribution in [3.63, 3.8) is 0 Å². The molecular formula is C34H41N5O6S2. The van der Waals surface area contributed by atoms with Gasteiger partial charge in [-0.15, -0.1) is 11.3 Å². The molecular weight excluding hydrogens is 639 g/mol. The van der Waals surface area contributed by atoms with E-state index in [1.807, 2.05) is 37.6 Å². The van der Waals surface area contributed by atoms with Crippen LogP contribution in [-0.2, 0) is 29.6 Å². The van der Waals surface area contributed by atoms with E-state index < -0.39 is 21.9 Å². The second-order valence-electron chi connectivity index (χ2n) is 12.0. The Kier molecular flexibility index (Phi) is 11.6. The molecule has 4 rings (SSSR count). The molecule has 0 unspecified atom stereocenters. The number of anilines is 1. The van der Waals surface area contributed by atoms with Gasteiger partial charge in [0.2, 0.25) is 0 Å². The van der Waals surface area contributed by atoms with Crippen molar-refractivity contribution in [2.24, 2.45) is 0 Å². The third kappa shape index (κ3) is 10.5. The fourth-order valence-corrected chi connectivity index (χ4v) is 6.08. The molecule has 0 radical (unpaired) electrons. The van der Waals surface area contributed by atoms with E-state index in [0.717, 1.165) is 33.6 Å². The smallest absolute Gasteiger partial charge is 0.306 e. The molecule has 2 amide bonds. The summed E-state index contributed by atoms with van der Waals surface area (Å²) in [4.78, 5) is 36.7. The topological polar surface area (TPSA) is 151 Å². The van der Waals surface area contributed by atoms with Crippen LogP contribution in [0.2, 0.25) is 0 Å². The summed E-state index contributed by atoms with van der Waals surface area (Å²) < 4.78 is 28.8. The molecule has 11 nitrogen and oxygen atoms in total. The van der Waals surface area contributed by atoms with Crippen LogP contribution in [0.15, 0.2) is 60.2 Å². The van der Waals surface area contributed by atoms with E-state index in [9.17, 15) is 23.1 Å². The molecule has 0 saturated heterocycles. The lowest BCUT2D eigenvalue weighted by atomic mass is 10.0. The minimum atomic E-state index is -3.91. The zero-order valence-corrected chi connectivity index (χ0v) is 29.0. The third-order valence-electron chi connectivity index (χ3n) is 7.32. The van der Waals surface area contributed by atoms with Gasteiger partial charge in [-0.05, 0) is 79.6 Å². The van der Waals surface area contributed by atoms with Crippen LogP contribution in [0.3, 0.4) is 0 Å². The molecule has 0 fully saturated rings. The second-order valence-corrected chi connectivity index (χ2v) is 14.5. The van der Waals surface area contributed by atoms with Crippen LogP contribution in [0.4, 0.5) is 5.69 Å². The van der Waals surface area contributed by atoms with Gasteiger partial charge in [-0.1, -0.05) is 26.0 Å². The summed E-state index contributed by atoms with van der Waals surface area (Å²) in [5.74, 6) is -0.539. The van der Waals surface area contributed by atoms with Crippen LogP contribution >= 0.6 is 11.3 Å². The highest BCUT2D eigenvalue weighted by molar-refractivity contribution is 7.86. The Bertz CT molecular complexity index is 1840. The van der Waals surface area contributed by atoms with E-state index in [4.69, 9.17) is 4.18 Å². The SMILES string of the molecule is Cc1csc(CN(C)C(=O)c2cc(OS(C)(=O)=O)cc(C(=O)N[C@@H](C)CCc3ccc(NCc4cncc(C(C)C)c4)c(O)c3)c2)n1. The first-order valence-corrected chi connectivity index (χ1v) is 17.9. The summed E-state index contributed by atoms with van der Waals surface area (Å²) in [6.07, 6.45) is 5.70. The molecule has 0 spiro atoms. The predicted octanol–water partition coefficient (Wildman–Crippen LogP) is 5.65. The molecule has 47 heavy (non-hydrogen) atoms. The van der Waals surface area contributed by atoms with E-state index in [1.165, 1.54) is 34.4 Å². The maximum absolute atomic E-state index is 13.3. The number of carbonyl (C=O) groups excluding carboxylic acids is 2. The largest absolute Gasteiger partial charge is 0.506 e. The molecule has 2 aromatic carbocycles. The molecule has 0 aliphatic carbocycles. The van der Waals surface area contributed by atoms with Gasteiger partial charge in [-0.25, -0.2) is 4.98 Å². The number of hydrogen-bond donors (Lipinski definition) is 3. The van der Waals surface area contributed by atoms with E-state index >= 15 is 0 Å². The van der Waals surface area contributed by atoms with E-state index in [-0.39, 0.29) is 35.2 Å². The molecule has 4 aromatic rings. The number of nitrogens with zero attached hydrogens (tertiary/aromatic N) is 3. The number of aromatic nitrogens is 2. The quantitative estimate of drug-likeness (QED) is 0.113. The Morgan fingerprint density at radius 2 is 1.79 bits per heavy atom. The normalized spacial score (nSPS) is 12.1. The zero-order valence-electron chi connectivity index (χ0n) is 27.4. The monoisotopic (exact) mass is 679 g/mol. The van der Waals surface area contributed by atoms with Crippen molar-refractivity contribution in [1.29, 1.82) is 0 Å². The van der Waals surface area contributed by atoms with Crippen LogP contribution < -0.4 is 14.8 Å². The van der Waals surface area contributed by atoms with Gasteiger partial charge in [0.05, 0.1) is 18.5 Å². The van der Waals surface area contributed by atoms with Crippen molar-refractivity contribution in [3.05, 3.63) is 98.8 Å². The van der Waals surface area contributed by atoms with Crippen LogP contribution in [-0.4, -0.2) is 59.6 Å². The third-order valence-corrected chi connectivity index (χ3v) is 8.77. The number of nitrogens with one attached hydrogen (secondary N) is 2. The zero-order chi connectivity index (χ0) is 34.3. The number of aromatic hydroxyl groups is 1. The summed E-state index contributed by atoms with van der Waals surface area (Å²) in [6.45, 7) is 8.72. The fraction of sp³-hybridized carbons (Fsp3) is 0.353. The summed E-state index contributed by atoms with van der Waals surface area (Å²) in [7, 11) is -2.31. The molecule has 0 saturated carbocycles. The van der Waals surface area contributed by atoms with E-state index in [0.29, 0.717) is 31.0 Å². The van der Waals surface area contributed by atoms with Gasteiger partial charge in [-0.2, -0.15) is 8.42 Å². The summed E-state index contributed by atoms with van der Waals surface area (Å²) in [6, 6.07) is 11.3. The number of phenolic OH excluding ortho intramolecular Hbond substituents is 1. The Labute approximate surface area is 280 Å². The maximum atomic E-state index is 13.3. The van der Waals surface area contributed by atoms with Crippen molar-refractivity contribution >= 4 is 39.0 Å². The van der Waals surface area contributed by atoms with Gasteiger partial charge in [0.25, 0.3) is 11.8 Å². The summed E-state index contributed by atoms with van der Waals surface area (Å²) in [5.41, 5.74) is 4.72. The van der Waals surface area contributed by atoms with Crippen molar-refractivity contribution in [3.8, 4) is 11.5 Å². The molecule has 0 bridgehead atoms. The van der Waals surface area contributed by atoms with Crippen LogP contribution in [0.25, 0.3) is 0 Å². The maximum Gasteiger partial charge on any atom is 0.306 e. The number of pyridine rings is 1. The molecule has 250 valence electrons. The number of carbonyl (C=O) groups is 2. The van der Waals surface area contributed by atoms with Crippen LogP contribution in [0.1, 0.15) is 81.2 Å². The van der Waals surface area contributed by atoms with Crippen LogP contribution in [0, 0.1) is 6.92 Å². The lowest BCUT2D eigenvalue weighted by Gasteiger charge is -2.18. The van der Waals surface area contributed by atoms with Gasteiger partial charge in [-0.3, -0.25) is 14.6 Å². The van der Waals surface area contributed by atoms with Gasteiger partial charge < -0.3 is 24.8 Å². The van der Waals surface area contributed by atoms with Gasteiger partial charge in [0.15, 0.2) is 0 Å². The minimum Gasteiger partial charge on any atom is -0.506 e. The highest BCUT2D eigenvalue weighted by atomic mass is 32.2. The highest BCUT2D eigenvalue weighted by Crippen LogP contribution is 2.26. The molecule has 0 aliphatic rings. The van der Waals surface area contributed by atoms with E-state index in [2.05, 4.69) is 40.5 Å². The standard InChI is InChI=1S/C34H41N5O6S2/c1-21(2)28-11-25(16-35-18-28)17-36-30-10-9-24(12-31(30)40)8-7-22(3)38-33(41)26-13-27(15-29(14-26)45-47(6,43)44)34(42)39(5)19-32-37-23(4)20-46-32/h9-16,18,20-22,36,40H,7-8,17,19H2,1-6H3,(H,38,41)/t22-/m0/s1. The predicted molar refractivity (Wildman–Crippen MR) is 184 cm³/mol. The molecule has 2 heterocycles. The second kappa shape index (κ2) is 15.4. The lowest BCUT2D eigenvalue weighted by Crippen LogP contribution is -2.33. The number of thiazole rings is 1. The van der Waals surface area contributed by atoms with E-state index in [1.54, 1.807) is 19.3 Å². The van der Waals surface area contributed by atoms with Gasteiger partial charge in [0.1, 0.15) is 16.5 Å². The average molecular weight is 680 g/mol. The Morgan fingerprint density at radius 1 is 1.04 bits per heavy atom. The molecule has 2 aromatic heterocycles. The number of rotatable bonds is 14. The highest BCUT2D eigenvalue weighted by Gasteiger charge is 2.20. The Balaban J connectivity index is 1.38. The van der Waals surface area contributed by atoms with Crippen LogP contribution in [0.5, 0.6) is 11.5 Å². The molecule has 13 heteroatoms. The van der Waals surface area contributed by atoms with Gasteiger partial charge >= 0.3 is 10.1 Å². The molecule has 1 atom stereocenters. The number of hydrogen-bond acceptors (Lipinski definition) is 10. The minimum absolute atomic E-state index is 0.0852. The molecule has 3 N–H and O–H groups in total. The number of benzene rings is 2. The summed E-state index contributed by atoms with van der Waals surface area (Å²) >= 11 is 1.43. The summed E-state index contributed by atoms with van der Waals surface area (Å²) in [5, 5.41) is 19.4. The van der Waals surface area contributed by atoms with Gasteiger partial charge in [0, 0.05) is 54.2 Å². The van der Waals surface area contributed by atoms with Crippen molar-refractivity contribution in [1.82, 2.24) is 20.2 Å². The number of phenols is 1. The average Bonchev–Trinajstić information content (AvgIpc) is 3.42. The Hall–Kier alpha value is -4.49. The van der Waals surface area contributed by atoms with Crippen molar-refractivity contribution in [2.45, 2.75) is 65.6 Å². The molecule has 0 aliphatic heterocycles. The fourth-order valence-electron chi connectivity index (χ4n) is 4.81.